The normalized spacial score (nSPS) is 10.1. The lowest BCUT2D eigenvalue weighted by Gasteiger charge is -2.11. The number of anilines is 2. The molecule has 22 heavy (non-hydrogen) atoms. The maximum absolute atomic E-state index is 12.0. The fourth-order valence-electron chi connectivity index (χ4n) is 1.94. The van der Waals surface area contributed by atoms with E-state index in [2.05, 4.69) is 10.6 Å². The van der Waals surface area contributed by atoms with Crippen molar-refractivity contribution in [2.45, 2.75) is 13.8 Å². The van der Waals surface area contributed by atoms with Gasteiger partial charge < -0.3 is 10.6 Å². The van der Waals surface area contributed by atoms with E-state index in [0.717, 1.165) is 11.3 Å². The fraction of sp³-hybridized carbons (Fsp3) is 0.176. The molecular formula is C17H17ClN2O2. The average molecular weight is 317 g/mol. The predicted molar refractivity (Wildman–Crippen MR) is 89.8 cm³/mol. The molecule has 0 bridgehead atoms. The Morgan fingerprint density at radius 3 is 2.41 bits per heavy atom. The van der Waals surface area contributed by atoms with Gasteiger partial charge in [-0.1, -0.05) is 17.7 Å². The first-order chi connectivity index (χ1) is 10.5. The summed E-state index contributed by atoms with van der Waals surface area (Å²) >= 11 is 6.02. The molecule has 0 spiro atoms. The quantitative estimate of drug-likeness (QED) is 0.822. The molecule has 2 aromatic rings. The van der Waals surface area contributed by atoms with Crippen molar-refractivity contribution >= 4 is 34.7 Å². The van der Waals surface area contributed by atoms with Crippen molar-refractivity contribution in [3.8, 4) is 0 Å². The van der Waals surface area contributed by atoms with Crippen molar-refractivity contribution in [1.29, 1.82) is 0 Å². The van der Waals surface area contributed by atoms with Crippen molar-refractivity contribution in [3.05, 3.63) is 58.6 Å². The first-order valence-corrected chi connectivity index (χ1v) is 7.25. The number of nitrogens with one attached hydrogen (secondary N) is 2. The van der Waals surface area contributed by atoms with Crippen molar-refractivity contribution < 1.29 is 9.59 Å². The highest BCUT2D eigenvalue weighted by molar-refractivity contribution is 6.31. The molecule has 0 aliphatic carbocycles. The Morgan fingerprint density at radius 2 is 1.77 bits per heavy atom. The lowest BCUT2D eigenvalue weighted by atomic mass is 10.1. The van der Waals surface area contributed by atoms with Crippen LogP contribution in [-0.2, 0) is 4.79 Å². The van der Waals surface area contributed by atoms with Gasteiger partial charge in [0.15, 0.2) is 5.78 Å². The standard InChI is InChI=1S/C17H17ClN2O2/c1-11-15(18)4-3-5-16(11)20-17(22)10-19-14-8-6-13(7-9-14)12(2)21/h3-9,19H,10H2,1-2H3,(H,20,22). The topological polar surface area (TPSA) is 58.2 Å². The average Bonchev–Trinajstić information content (AvgIpc) is 2.50. The van der Waals surface area contributed by atoms with E-state index in [4.69, 9.17) is 11.6 Å². The molecule has 0 heterocycles. The summed E-state index contributed by atoms with van der Waals surface area (Å²) in [6.07, 6.45) is 0. The van der Waals surface area contributed by atoms with Crippen molar-refractivity contribution in [3.63, 3.8) is 0 Å². The van der Waals surface area contributed by atoms with Crippen LogP contribution in [-0.4, -0.2) is 18.2 Å². The zero-order valence-electron chi connectivity index (χ0n) is 12.4. The Morgan fingerprint density at radius 1 is 1.09 bits per heavy atom. The SMILES string of the molecule is CC(=O)c1ccc(NCC(=O)Nc2cccc(Cl)c2C)cc1. The summed E-state index contributed by atoms with van der Waals surface area (Å²) in [4.78, 5) is 23.1. The van der Waals surface area contributed by atoms with Crippen LogP contribution in [0.2, 0.25) is 5.02 Å². The van der Waals surface area contributed by atoms with Crippen molar-refractivity contribution in [2.24, 2.45) is 0 Å². The van der Waals surface area contributed by atoms with E-state index in [1.807, 2.05) is 6.92 Å². The van der Waals surface area contributed by atoms with E-state index in [9.17, 15) is 9.59 Å². The molecule has 0 fully saturated rings. The minimum absolute atomic E-state index is 0.0146. The van der Waals surface area contributed by atoms with Crippen LogP contribution >= 0.6 is 11.6 Å². The van der Waals surface area contributed by atoms with Crippen LogP contribution in [0.25, 0.3) is 0 Å². The highest BCUT2D eigenvalue weighted by atomic mass is 35.5. The van der Waals surface area contributed by atoms with Gasteiger partial charge in [0.2, 0.25) is 5.91 Å². The fourth-order valence-corrected chi connectivity index (χ4v) is 2.12. The van der Waals surface area contributed by atoms with Gasteiger partial charge in [-0.05, 0) is 55.8 Å². The number of carbonyl (C=O) groups excluding carboxylic acids is 2. The smallest absolute Gasteiger partial charge is 0.243 e. The van der Waals surface area contributed by atoms with Gasteiger partial charge in [-0.3, -0.25) is 9.59 Å². The van der Waals surface area contributed by atoms with Crippen LogP contribution in [0, 0.1) is 6.92 Å². The number of halogens is 1. The van der Waals surface area contributed by atoms with Crippen LogP contribution in [0.15, 0.2) is 42.5 Å². The predicted octanol–water partition coefficient (Wildman–Crippen LogP) is 3.90. The molecule has 0 aliphatic rings. The summed E-state index contributed by atoms with van der Waals surface area (Å²) in [5.74, 6) is -0.151. The molecule has 2 rings (SSSR count). The zero-order valence-corrected chi connectivity index (χ0v) is 13.2. The second kappa shape index (κ2) is 7.09. The number of rotatable bonds is 5. The third kappa shape index (κ3) is 4.09. The number of hydrogen-bond acceptors (Lipinski definition) is 3. The van der Waals surface area contributed by atoms with E-state index >= 15 is 0 Å². The zero-order chi connectivity index (χ0) is 16.1. The second-order valence-corrected chi connectivity index (χ2v) is 5.35. The molecule has 1 amide bonds. The van der Waals surface area contributed by atoms with E-state index in [0.29, 0.717) is 16.3 Å². The van der Waals surface area contributed by atoms with Gasteiger partial charge in [0.25, 0.3) is 0 Å². The van der Waals surface area contributed by atoms with Gasteiger partial charge in [-0.25, -0.2) is 0 Å². The van der Waals surface area contributed by atoms with E-state index in [-0.39, 0.29) is 18.2 Å². The molecule has 0 unspecified atom stereocenters. The first-order valence-electron chi connectivity index (χ1n) is 6.87. The molecule has 0 radical (unpaired) electrons. The van der Waals surface area contributed by atoms with Crippen LogP contribution in [0.3, 0.4) is 0 Å². The summed E-state index contributed by atoms with van der Waals surface area (Å²) in [5, 5.41) is 6.44. The summed E-state index contributed by atoms with van der Waals surface area (Å²) in [6, 6.07) is 12.4. The maximum Gasteiger partial charge on any atom is 0.243 e. The number of carbonyl (C=O) groups is 2. The van der Waals surface area contributed by atoms with Gasteiger partial charge in [0, 0.05) is 22.0 Å². The number of amides is 1. The Labute approximate surface area is 134 Å². The lowest BCUT2D eigenvalue weighted by Crippen LogP contribution is -2.22. The Kier molecular flexibility index (Phi) is 5.17. The van der Waals surface area contributed by atoms with Crippen molar-refractivity contribution in [2.75, 3.05) is 17.2 Å². The van der Waals surface area contributed by atoms with Crippen LogP contribution in [0.4, 0.5) is 11.4 Å². The molecule has 2 N–H and O–H groups in total. The third-order valence-corrected chi connectivity index (χ3v) is 3.70. The Hall–Kier alpha value is -2.33. The monoisotopic (exact) mass is 316 g/mol. The number of Topliss-reactive ketones (excluding diaryl/α,β-unsaturated/α-hetero) is 1. The van der Waals surface area contributed by atoms with Crippen molar-refractivity contribution in [1.82, 2.24) is 0 Å². The van der Waals surface area contributed by atoms with Gasteiger partial charge in [-0.2, -0.15) is 0 Å². The molecule has 5 heteroatoms. The van der Waals surface area contributed by atoms with Gasteiger partial charge >= 0.3 is 0 Å². The van der Waals surface area contributed by atoms with E-state index in [1.165, 1.54) is 6.92 Å². The van der Waals surface area contributed by atoms with Gasteiger partial charge in [0.05, 0.1) is 6.54 Å². The van der Waals surface area contributed by atoms with Crippen LogP contribution < -0.4 is 10.6 Å². The number of ketones is 1. The minimum Gasteiger partial charge on any atom is -0.376 e. The summed E-state index contributed by atoms with van der Waals surface area (Å²) in [6.45, 7) is 3.50. The first kappa shape index (κ1) is 16.0. The lowest BCUT2D eigenvalue weighted by molar-refractivity contribution is -0.114. The summed E-state index contributed by atoms with van der Waals surface area (Å²) in [7, 11) is 0. The Balaban J connectivity index is 1.92. The molecule has 114 valence electrons. The number of hydrogen-bond donors (Lipinski definition) is 2. The highest BCUT2D eigenvalue weighted by Gasteiger charge is 2.07. The largest absolute Gasteiger partial charge is 0.376 e. The summed E-state index contributed by atoms with van der Waals surface area (Å²) in [5.41, 5.74) is 2.96. The number of benzene rings is 2. The molecular weight excluding hydrogens is 300 g/mol. The molecule has 4 nitrogen and oxygen atoms in total. The molecule has 0 saturated carbocycles. The Bertz CT molecular complexity index is 696. The van der Waals surface area contributed by atoms with Crippen LogP contribution in [0.1, 0.15) is 22.8 Å². The van der Waals surface area contributed by atoms with E-state index < -0.39 is 0 Å². The third-order valence-electron chi connectivity index (χ3n) is 3.29. The molecule has 0 saturated heterocycles. The molecule has 0 aromatic heterocycles. The highest BCUT2D eigenvalue weighted by Crippen LogP contribution is 2.22. The van der Waals surface area contributed by atoms with Gasteiger partial charge in [0.1, 0.15) is 0 Å². The van der Waals surface area contributed by atoms with Crippen LogP contribution in [0.5, 0.6) is 0 Å². The molecule has 0 aliphatic heterocycles. The minimum atomic E-state index is -0.166. The second-order valence-electron chi connectivity index (χ2n) is 4.95. The molecule has 2 aromatic carbocycles. The van der Waals surface area contributed by atoms with Gasteiger partial charge in [-0.15, -0.1) is 0 Å². The maximum atomic E-state index is 12.0. The van der Waals surface area contributed by atoms with E-state index in [1.54, 1.807) is 42.5 Å². The summed E-state index contributed by atoms with van der Waals surface area (Å²) < 4.78 is 0. The molecule has 0 atom stereocenters.